The molecular formula is C16H19ClFNOS. The van der Waals surface area contributed by atoms with E-state index in [1.54, 1.807) is 6.07 Å². The van der Waals surface area contributed by atoms with E-state index < -0.39 is 0 Å². The van der Waals surface area contributed by atoms with Gasteiger partial charge < -0.3 is 5.32 Å². The van der Waals surface area contributed by atoms with Crippen LogP contribution in [0.4, 0.5) is 4.39 Å². The molecule has 2 fully saturated rings. The summed E-state index contributed by atoms with van der Waals surface area (Å²) >= 11 is 7.55. The van der Waals surface area contributed by atoms with E-state index >= 15 is 0 Å². The molecule has 0 heterocycles. The molecule has 0 atom stereocenters. The maximum Gasteiger partial charge on any atom is 0.236 e. The van der Waals surface area contributed by atoms with Crippen LogP contribution < -0.4 is 5.32 Å². The number of rotatable bonds is 4. The van der Waals surface area contributed by atoms with Gasteiger partial charge in [0.1, 0.15) is 5.82 Å². The summed E-state index contributed by atoms with van der Waals surface area (Å²) in [6, 6.07) is 4.69. The molecule has 0 radical (unpaired) electrons. The maximum atomic E-state index is 13.1. The van der Waals surface area contributed by atoms with Gasteiger partial charge in [-0.15, -0.1) is 11.8 Å². The van der Waals surface area contributed by atoms with Crippen molar-refractivity contribution in [2.24, 2.45) is 0 Å². The second-order valence-corrected chi connectivity index (χ2v) is 7.81. The molecule has 0 saturated heterocycles. The van der Waals surface area contributed by atoms with Crippen LogP contribution in [0.1, 0.15) is 44.9 Å². The number of amides is 1. The second-order valence-electron chi connectivity index (χ2n) is 5.98. The van der Waals surface area contributed by atoms with Crippen molar-refractivity contribution in [3.63, 3.8) is 0 Å². The van der Waals surface area contributed by atoms with Crippen LogP contribution in [0.5, 0.6) is 0 Å². The molecule has 1 aromatic carbocycles. The van der Waals surface area contributed by atoms with Gasteiger partial charge in [-0.3, -0.25) is 4.79 Å². The van der Waals surface area contributed by atoms with Crippen molar-refractivity contribution in [1.82, 2.24) is 5.32 Å². The van der Waals surface area contributed by atoms with Gasteiger partial charge in [0, 0.05) is 10.9 Å². The summed E-state index contributed by atoms with van der Waals surface area (Å²) in [6.07, 6.45) is 7.59. The Balaban J connectivity index is 1.64. The molecule has 0 aliphatic heterocycles. The van der Waals surface area contributed by atoms with E-state index in [0.717, 1.165) is 30.6 Å². The minimum absolute atomic E-state index is 0.125. The van der Waals surface area contributed by atoms with E-state index in [1.807, 2.05) is 0 Å². The van der Waals surface area contributed by atoms with Crippen LogP contribution in [-0.2, 0) is 4.79 Å². The second kappa shape index (κ2) is 6.17. The van der Waals surface area contributed by atoms with Crippen molar-refractivity contribution < 1.29 is 9.18 Å². The first-order chi connectivity index (χ1) is 10.1. The molecule has 2 aliphatic rings. The molecule has 1 aromatic rings. The summed E-state index contributed by atoms with van der Waals surface area (Å²) < 4.78 is 12.7. The van der Waals surface area contributed by atoms with Gasteiger partial charge in [-0.05, 0) is 43.9 Å². The van der Waals surface area contributed by atoms with Gasteiger partial charge in [0.15, 0.2) is 0 Å². The molecule has 21 heavy (non-hydrogen) atoms. The third-order valence-electron chi connectivity index (χ3n) is 4.26. The fourth-order valence-electron chi connectivity index (χ4n) is 2.82. The number of halogens is 2. The SMILES string of the molecule is O=C(NC1CCCCC1)C1(Sc2ccc(F)cc2Cl)CC1. The van der Waals surface area contributed by atoms with Crippen LogP contribution in [0.25, 0.3) is 0 Å². The lowest BCUT2D eigenvalue weighted by Crippen LogP contribution is -2.42. The largest absolute Gasteiger partial charge is 0.352 e. The molecule has 5 heteroatoms. The maximum absolute atomic E-state index is 13.1. The van der Waals surface area contributed by atoms with Crippen LogP contribution >= 0.6 is 23.4 Å². The topological polar surface area (TPSA) is 29.1 Å². The van der Waals surface area contributed by atoms with E-state index in [2.05, 4.69) is 5.32 Å². The van der Waals surface area contributed by atoms with Gasteiger partial charge in [-0.1, -0.05) is 30.9 Å². The zero-order chi connectivity index (χ0) is 14.9. The highest BCUT2D eigenvalue weighted by Crippen LogP contribution is 2.53. The van der Waals surface area contributed by atoms with E-state index in [1.165, 1.54) is 43.2 Å². The highest BCUT2D eigenvalue weighted by atomic mass is 35.5. The van der Waals surface area contributed by atoms with Crippen LogP contribution in [0.3, 0.4) is 0 Å². The summed E-state index contributed by atoms with van der Waals surface area (Å²) in [4.78, 5) is 13.3. The van der Waals surface area contributed by atoms with Crippen molar-refractivity contribution in [2.75, 3.05) is 0 Å². The molecule has 0 bridgehead atoms. The molecule has 1 N–H and O–H groups in total. The summed E-state index contributed by atoms with van der Waals surface area (Å²) in [5.74, 6) is -0.222. The minimum atomic E-state index is -0.390. The molecule has 2 nitrogen and oxygen atoms in total. The third kappa shape index (κ3) is 3.54. The standard InChI is InChI=1S/C16H19ClFNOS/c17-13-10-11(18)6-7-14(13)21-16(8-9-16)15(20)19-12-4-2-1-3-5-12/h6-7,10,12H,1-5,8-9H2,(H,19,20). The van der Waals surface area contributed by atoms with Gasteiger partial charge in [0.2, 0.25) is 5.91 Å². The first-order valence-electron chi connectivity index (χ1n) is 7.54. The fourth-order valence-corrected chi connectivity index (χ4v) is 4.28. The van der Waals surface area contributed by atoms with Gasteiger partial charge >= 0.3 is 0 Å². The number of carbonyl (C=O) groups excluding carboxylic acids is 1. The normalized spacial score (nSPS) is 21.0. The Morgan fingerprint density at radius 1 is 1.29 bits per heavy atom. The van der Waals surface area contributed by atoms with Crippen LogP contribution in [0, 0.1) is 5.82 Å². The lowest BCUT2D eigenvalue weighted by atomic mass is 9.95. The Hall–Kier alpha value is -0.740. The van der Waals surface area contributed by atoms with Crippen LogP contribution in [0.15, 0.2) is 23.1 Å². The number of benzene rings is 1. The predicted octanol–water partition coefficient (Wildman–Crippen LogP) is 4.55. The van der Waals surface area contributed by atoms with Crippen molar-refractivity contribution >= 4 is 29.3 Å². The minimum Gasteiger partial charge on any atom is -0.352 e. The third-order valence-corrected chi connectivity index (χ3v) is 6.24. The van der Waals surface area contributed by atoms with Crippen molar-refractivity contribution in [3.05, 3.63) is 29.0 Å². The Labute approximate surface area is 133 Å². The van der Waals surface area contributed by atoms with Gasteiger partial charge in [0.25, 0.3) is 0 Å². The summed E-state index contributed by atoms with van der Waals surface area (Å²) in [5, 5.41) is 3.58. The van der Waals surface area contributed by atoms with Crippen LogP contribution in [0.2, 0.25) is 5.02 Å². The van der Waals surface area contributed by atoms with Crippen molar-refractivity contribution in [3.8, 4) is 0 Å². The van der Waals surface area contributed by atoms with Gasteiger partial charge in [-0.25, -0.2) is 4.39 Å². The monoisotopic (exact) mass is 327 g/mol. The molecule has 114 valence electrons. The van der Waals surface area contributed by atoms with Gasteiger partial charge in [-0.2, -0.15) is 0 Å². The number of hydrogen-bond donors (Lipinski definition) is 1. The van der Waals surface area contributed by atoms with Crippen molar-refractivity contribution in [2.45, 2.75) is 60.6 Å². The smallest absolute Gasteiger partial charge is 0.236 e. The molecule has 0 unspecified atom stereocenters. The molecule has 0 aromatic heterocycles. The lowest BCUT2D eigenvalue weighted by molar-refractivity contribution is -0.122. The molecule has 1 amide bonds. The average molecular weight is 328 g/mol. The number of hydrogen-bond acceptors (Lipinski definition) is 2. The van der Waals surface area contributed by atoms with Crippen LogP contribution in [-0.4, -0.2) is 16.7 Å². The molecule has 2 saturated carbocycles. The molecule has 3 rings (SSSR count). The highest BCUT2D eigenvalue weighted by Gasteiger charge is 2.51. The number of nitrogens with one attached hydrogen (secondary N) is 1. The molecule has 0 spiro atoms. The number of thioether (sulfide) groups is 1. The first-order valence-corrected chi connectivity index (χ1v) is 8.74. The molecule has 2 aliphatic carbocycles. The van der Waals surface area contributed by atoms with E-state index in [-0.39, 0.29) is 16.5 Å². The zero-order valence-electron chi connectivity index (χ0n) is 11.8. The average Bonchev–Trinajstić information content (AvgIpc) is 3.24. The van der Waals surface area contributed by atoms with E-state index in [0.29, 0.717) is 11.1 Å². The lowest BCUT2D eigenvalue weighted by Gasteiger charge is -2.25. The van der Waals surface area contributed by atoms with Gasteiger partial charge in [0.05, 0.1) is 9.77 Å². The Kier molecular flexibility index (Phi) is 4.46. The quantitative estimate of drug-likeness (QED) is 0.878. The van der Waals surface area contributed by atoms with E-state index in [4.69, 9.17) is 11.6 Å². The fraction of sp³-hybridized carbons (Fsp3) is 0.562. The zero-order valence-corrected chi connectivity index (χ0v) is 13.4. The summed E-state index contributed by atoms with van der Waals surface area (Å²) in [5.41, 5.74) is 0. The van der Waals surface area contributed by atoms with Crippen molar-refractivity contribution in [1.29, 1.82) is 0 Å². The van der Waals surface area contributed by atoms with E-state index in [9.17, 15) is 9.18 Å². The Bertz CT molecular complexity index is 541. The predicted molar refractivity (Wildman–Crippen MR) is 84.2 cm³/mol. The number of carbonyl (C=O) groups is 1. The Morgan fingerprint density at radius 3 is 2.62 bits per heavy atom. The highest BCUT2D eigenvalue weighted by molar-refractivity contribution is 8.01. The summed E-state index contributed by atoms with van der Waals surface area (Å²) in [6.45, 7) is 0. The Morgan fingerprint density at radius 2 is 2.00 bits per heavy atom. The summed E-state index contributed by atoms with van der Waals surface area (Å²) in [7, 11) is 0. The molecular weight excluding hydrogens is 309 g/mol. The first kappa shape index (κ1) is 15.2.